The molecule has 3 rings (SSSR count). The fourth-order valence-electron chi connectivity index (χ4n) is 3.01. The average molecular weight is 329 g/mol. The summed E-state index contributed by atoms with van der Waals surface area (Å²) in [6.45, 7) is 8.20. The van der Waals surface area contributed by atoms with Crippen LogP contribution < -0.4 is 9.47 Å². The second-order valence-corrected chi connectivity index (χ2v) is 5.84. The van der Waals surface area contributed by atoms with Crippen LogP contribution in [0, 0.1) is 6.92 Å². The lowest BCUT2D eigenvalue weighted by Crippen LogP contribution is -2.36. The Morgan fingerprint density at radius 3 is 2.42 bits per heavy atom. The van der Waals surface area contributed by atoms with Crippen molar-refractivity contribution in [1.82, 2.24) is 4.90 Å². The summed E-state index contributed by atoms with van der Waals surface area (Å²) in [6, 6.07) is 5.86. The quantitative estimate of drug-likeness (QED) is 0.841. The molecule has 0 fully saturated rings. The molecule has 1 aromatic carbocycles. The van der Waals surface area contributed by atoms with E-state index >= 15 is 0 Å². The van der Waals surface area contributed by atoms with E-state index in [1.165, 1.54) is 5.56 Å². The summed E-state index contributed by atoms with van der Waals surface area (Å²) in [5, 5.41) is 0. The summed E-state index contributed by atoms with van der Waals surface area (Å²) in [4.78, 5) is 14.5. The summed E-state index contributed by atoms with van der Waals surface area (Å²) < 4.78 is 16.7. The van der Waals surface area contributed by atoms with Crippen molar-refractivity contribution in [3.05, 3.63) is 46.9 Å². The van der Waals surface area contributed by atoms with Gasteiger partial charge in [0.2, 0.25) is 0 Å². The molecule has 2 heterocycles. The van der Waals surface area contributed by atoms with E-state index in [-0.39, 0.29) is 5.91 Å². The Balaban J connectivity index is 1.86. The Morgan fingerprint density at radius 2 is 1.83 bits per heavy atom. The molecule has 0 aliphatic carbocycles. The first-order valence-corrected chi connectivity index (χ1v) is 8.38. The zero-order valence-electron chi connectivity index (χ0n) is 14.4. The van der Waals surface area contributed by atoms with Crippen LogP contribution in [0.25, 0.3) is 0 Å². The molecule has 0 saturated heterocycles. The highest BCUT2D eigenvalue weighted by Crippen LogP contribution is 2.34. The molecule has 0 bridgehead atoms. The molecule has 128 valence electrons. The monoisotopic (exact) mass is 329 g/mol. The summed E-state index contributed by atoms with van der Waals surface area (Å²) in [7, 11) is 0. The number of carbonyl (C=O) groups is 1. The predicted molar refractivity (Wildman–Crippen MR) is 90.7 cm³/mol. The van der Waals surface area contributed by atoms with Gasteiger partial charge in [-0.1, -0.05) is 0 Å². The van der Waals surface area contributed by atoms with Gasteiger partial charge in [0.25, 0.3) is 5.91 Å². The van der Waals surface area contributed by atoms with Gasteiger partial charge in [-0.15, -0.1) is 0 Å². The van der Waals surface area contributed by atoms with E-state index in [1.54, 1.807) is 6.26 Å². The second-order valence-electron chi connectivity index (χ2n) is 5.84. The molecule has 0 spiro atoms. The third kappa shape index (κ3) is 3.11. The van der Waals surface area contributed by atoms with Crippen LogP contribution in [0.4, 0.5) is 0 Å². The Morgan fingerprint density at radius 1 is 1.17 bits per heavy atom. The number of carbonyl (C=O) groups excluding carboxylic acids is 1. The van der Waals surface area contributed by atoms with Crippen LogP contribution in [-0.2, 0) is 13.0 Å². The maximum absolute atomic E-state index is 12.6. The molecular weight excluding hydrogens is 306 g/mol. The molecule has 1 amide bonds. The number of hydrogen-bond donors (Lipinski definition) is 0. The SMILES string of the molecule is CCOc1cc2c(cc1OCC)CN(C(=O)c1occc1C)CC2. The Bertz CT molecular complexity index is 735. The first kappa shape index (κ1) is 16.4. The van der Waals surface area contributed by atoms with Gasteiger partial charge in [-0.2, -0.15) is 0 Å². The summed E-state index contributed by atoms with van der Waals surface area (Å²) in [5.41, 5.74) is 3.18. The van der Waals surface area contributed by atoms with Crippen molar-refractivity contribution in [3.63, 3.8) is 0 Å². The zero-order valence-corrected chi connectivity index (χ0v) is 14.4. The first-order chi connectivity index (χ1) is 11.6. The second kappa shape index (κ2) is 6.99. The van der Waals surface area contributed by atoms with Crippen LogP contribution in [0.5, 0.6) is 11.5 Å². The minimum Gasteiger partial charge on any atom is -0.490 e. The summed E-state index contributed by atoms with van der Waals surface area (Å²) >= 11 is 0. The molecule has 5 nitrogen and oxygen atoms in total. The maximum Gasteiger partial charge on any atom is 0.290 e. The number of aryl methyl sites for hydroxylation is 1. The van der Waals surface area contributed by atoms with Crippen molar-refractivity contribution in [2.45, 2.75) is 33.7 Å². The maximum atomic E-state index is 12.6. The van der Waals surface area contributed by atoms with Crippen molar-refractivity contribution >= 4 is 5.91 Å². The van der Waals surface area contributed by atoms with Crippen LogP contribution in [0.15, 0.2) is 28.9 Å². The topological polar surface area (TPSA) is 51.9 Å². The lowest BCUT2D eigenvalue weighted by molar-refractivity contribution is 0.0701. The smallest absolute Gasteiger partial charge is 0.290 e. The summed E-state index contributed by atoms with van der Waals surface area (Å²) in [6.07, 6.45) is 2.36. The number of benzene rings is 1. The number of amides is 1. The molecule has 0 unspecified atom stereocenters. The van der Waals surface area contributed by atoms with Gasteiger partial charge in [-0.25, -0.2) is 0 Å². The van der Waals surface area contributed by atoms with E-state index < -0.39 is 0 Å². The van der Waals surface area contributed by atoms with Crippen LogP contribution >= 0.6 is 0 Å². The van der Waals surface area contributed by atoms with Gasteiger partial charge in [0.05, 0.1) is 19.5 Å². The lowest BCUT2D eigenvalue weighted by atomic mass is 9.98. The number of nitrogens with zero attached hydrogens (tertiary/aromatic N) is 1. The summed E-state index contributed by atoms with van der Waals surface area (Å²) in [5.74, 6) is 1.88. The first-order valence-electron chi connectivity index (χ1n) is 8.38. The highest BCUT2D eigenvalue weighted by atomic mass is 16.5. The number of furan rings is 1. The molecule has 1 aromatic heterocycles. The zero-order chi connectivity index (χ0) is 17.1. The molecule has 0 radical (unpaired) electrons. The van der Waals surface area contributed by atoms with E-state index in [9.17, 15) is 4.79 Å². The van der Waals surface area contributed by atoms with Gasteiger partial charge in [0.1, 0.15) is 0 Å². The standard InChI is InChI=1S/C19H23NO4/c1-4-22-16-10-14-6-8-20(12-15(14)11-17(16)23-5-2)19(21)18-13(3)7-9-24-18/h7,9-11H,4-6,8,12H2,1-3H3. The van der Waals surface area contributed by atoms with Crippen molar-refractivity contribution in [1.29, 1.82) is 0 Å². The molecule has 0 N–H and O–H groups in total. The average Bonchev–Trinajstić information content (AvgIpc) is 3.01. The van der Waals surface area contributed by atoms with Gasteiger partial charge in [0, 0.05) is 18.7 Å². The Hall–Kier alpha value is -2.43. The van der Waals surface area contributed by atoms with Crippen molar-refractivity contribution < 1.29 is 18.7 Å². The predicted octanol–water partition coefficient (Wildman–Crippen LogP) is 3.58. The van der Waals surface area contributed by atoms with E-state index in [4.69, 9.17) is 13.9 Å². The molecule has 0 atom stereocenters. The van der Waals surface area contributed by atoms with E-state index in [2.05, 4.69) is 0 Å². The Labute approximate surface area is 142 Å². The Kier molecular flexibility index (Phi) is 4.79. The van der Waals surface area contributed by atoms with E-state index in [1.807, 2.05) is 43.9 Å². The van der Waals surface area contributed by atoms with Gasteiger partial charge in [-0.05, 0) is 56.5 Å². The normalized spacial score (nSPS) is 13.5. The molecule has 24 heavy (non-hydrogen) atoms. The highest BCUT2D eigenvalue weighted by Gasteiger charge is 2.26. The number of hydrogen-bond acceptors (Lipinski definition) is 4. The van der Waals surface area contributed by atoms with Gasteiger partial charge >= 0.3 is 0 Å². The van der Waals surface area contributed by atoms with Crippen LogP contribution in [0.2, 0.25) is 0 Å². The van der Waals surface area contributed by atoms with Crippen molar-refractivity contribution in [2.24, 2.45) is 0 Å². The van der Waals surface area contributed by atoms with Gasteiger partial charge in [0.15, 0.2) is 17.3 Å². The lowest BCUT2D eigenvalue weighted by Gasteiger charge is -2.29. The van der Waals surface area contributed by atoms with Crippen LogP contribution in [0.1, 0.15) is 41.1 Å². The fourth-order valence-corrected chi connectivity index (χ4v) is 3.01. The minimum absolute atomic E-state index is 0.0602. The molecule has 2 aromatic rings. The van der Waals surface area contributed by atoms with E-state index in [0.717, 1.165) is 29.0 Å². The fraction of sp³-hybridized carbons (Fsp3) is 0.421. The van der Waals surface area contributed by atoms with Crippen LogP contribution in [-0.4, -0.2) is 30.6 Å². The largest absolute Gasteiger partial charge is 0.490 e. The molecular formula is C19H23NO4. The number of ether oxygens (including phenoxy) is 2. The number of fused-ring (bicyclic) bond motifs is 1. The van der Waals surface area contributed by atoms with Crippen molar-refractivity contribution in [2.75, 3.05) is 19.8 Å². The third-order valence-corrected chi connectivity index (χ3v) is 4.22. The highest BCUT2D eigenvalue weighted by molar-refractivity contribution is 5.93. The minimum atomic E-state index is -0.0602. The molecule has 5 heteroatoms. The molecule has 1 aliphatic heterocycles. The molecule has 1 aliphatic rings. The number of rotatable bonds is 5. The van der Waals surface area contributed by atoms with Gasteiger partial charge in [-0.3, -0.25) is 4.79 Å². The van der Waals surface area contributed by atoms with Crippen molar-refractivity contribution in [3.8, 4) is 11.5 Å². The van der Waals surface area contributed by atoms with Gasteiger partial charge < -0.3 is 18.8 Å². The molecule has 0 saturated carbocycles. The van der Waals surface area contributed by atoms with E-state index in [0.29, 0.717) is 32.1 Å². The third-order valence-electron chi connectivity index (χ3n) is 4.22. The van der Waals surface area contributed by atoms with Crippen LogP contribution in [0.3, 0.4) is 0 Å².